The van der Waals surface area contributed by atoms with Crippen LogP contribution >= 0.6 is 22.6 Å². The van der Waals surface area contributed by atoms with Crippen LogP contribution in [0.4, 0.5) is 5.69 Å². The van der Waals surface area contributed by atoms with E-state index in [4.69, 9.17) is 0 Å². The molecule has 2 aliphatic heterocycles. The number of carbonyl (C=O) groups is 2. The molecule has 0 aliphatic carbocycles. The van der Waals surface area contributed by atoms with Gasteiger partial charge in [-0.3, -0.25) is 9.59 Å². The van der Waals surface area contributed by atoms with Crippen molar-refractivity contribution in [1.29, 1.82) is 0 Å². The number of fused-ring (bicyclic) bond motifs is 1. The molecule has 0 radical (unpaired) electrons. The van der Waals surface area contributed by atoms with Crippen LogP contribution < -0.4 is 5.32 Å². The lowest BCUT2D eigenvalue weighted by Gasteiger charge is -2.41. The molecule has 1 atom stereocenters. The largest absolute Gasteiger partial charge is 0.323 e. The van der Waals surface area contributed by atoms with Gasteiger partial charge in [0.15, 0.2) is 0 Å². The van der Waals surface area contributed by atoms with Crippen molar-refractivity contribution in [3.63, 3.8) is 0 Å². The van der Waals surface area contributed by atoms with Crippen LogP contribution in [0.5, 0.6) is 0 Å². The van der Waals surface area contributed by atoms with Gasteiger partial charge >= 0.3 is 0 Å². The highest BCUT2D eigenvalue weighted by Crippen LogP contribution is 2.30. The second kappa shape index (κ2) is 5.68. The summed E-state index contributed by atoms with van der Waals surface area (Å²) in [6.07, 6.45) is 7.18. The van der Waals surface area contributed by atoms with Crippen LogP contribution in [0.3, 0.4) is 0 Å². The van der Waals surface area contributed by atoms with E-state index in [-0.39, 0.29) is 18.2 Å². The monoisotopic (exact) mass is 407 g/mol. The van der Waals surface area contributed by atoms with Crippen molar-refractivity contribution in [2.45, 2.75) is 18.9 Å². The molecule has 1 unspecified atom stereocenters. The van der Waals surface area contributed by atoms with Gasteiger partial charge in [-0.1, -0.05) is 18.2 Å². The minimum Gasteiger partial charge on any atom is -0.323 e. The normalized spacial score (nSPS) is 23.1. The van der Waals surface area contributed by atoms with Gasteiger partial charge in [0, 0.05) is 9.77 Å². The van der Waals surface area contributed by atoms with Crippen molar-refractivity contribution in [2.75, 3.05) is 5.32 Å². The maximum absolute atomic E-state index is 12.8. The Bertz CT molecular complexity index is 739. The Labute approximate surface area is 141 Å². The average Bonchev–Trinajstić information content (AvgIpc) is 2.49. The second-order valence-corrected chi connectivity index (χ2v) is 6.48. The van der Waals surface area contributed by atoms with Crippen LogP contribution in [0, 0.1) is 3.57 Å². The zero-order valence-corrected chi connectivity index (χ0v) is 14.1. The summed E-state index contributed by atoms with van der Waals surface area (Å²) >= 11 is 2.17. The quantitative estimate of drug-likeness (QED) is 0.768. The fourth-order valence-corrected chi connectivity index (χ4v) is 3.02. The van der Waals surface area contributed by atoms with E-state index in [2.05, 4.69) is 32.9 Å². The standard InChI is InChI=1S/C16H14IN3O2/c1-16(15(22)18-12-7-3-2-6-11(12)17)10-14(21)19-13-8-4-5-9-20(13)16/h2-9H,10H2,1H3,(H,18,22). The minimum atomic E-state index is -0.992. The minimum absolute atomic E-state index is 0.0456. The smallest absolute Gasteiger partial charge is 0.250 e. The molecule has 0 bridgehead atoms. The number of nitrogens with one attached hydrogen (secondary N) is 1. The van der Waals surface area contributed by atoms with Gasteiger partial charge in [-0.15, -0.1) is 0 Å². The summed E-state index contributed by atoms with van der Waals surface area (Å²) in [5.41, 5.74) is -0.253. The Hall–Kier alpha value is -1.96. The maximum Gasteiger partial charge on any atom is 0.250 e. The average molecular weight is 407 g/mol. The van der Waals surface area contributed by atoms with E-state index in [1.54, 1.807) is 30.2 Å². The first-order valence-corrected chi connectivity index (χ1v) is 7.90. The molecule has 5 nitrogen and oxygen atoms in total. The van der Waals surface area contributed by atoms with Gasteiger partial charge in [0.1, 0.15) is 11.4 Å². The van der Waals surface area contributed by atoms with Crippen molar-refractivity contribution in [2.24, 2.45) is 4.99 Å². The molecule has 2 amide bonds. The van der Waals surface area contributed by atoms with Gasteiger partial charge in [-0.2, -0.15) is 4.99 Å². The van der Waals surface area contributed by atoms with Crippen LogP contribution in [-0.4, -0.2) is 28.1 Å². The first kappa shape index (κ1) is 15.0. The molecular formula is C16H14IN3O2. The van der Waals surface area contributed by atoms with Gasteiger partial charge in [-0.25, -0.2) is 0 Å². The van der Waals surface area contributed by atoms with Crippen molar-refractivity contribution in [3.8, 4) is 0 Å². The number of aliphatic imine (C=N–C) groups is 1. The van der Waals surface area contributed by atoms with Crippen molar-refractivity contribution < 1.29 is 9.59 Å². The molecule has 0 spiro atoms. The van der Waals surface area contributed by atoms with Crippen molar-refractivity contribution in [3.05, 3.63) is 52.3 Å². The van der Waals surface area contributed by atoms with E-state index >= 15 is 0 Å². The number of hydrogen-bond donors (Lipinski definition) is 1. The third kappa shape index (κ3) is 2.58. The predicted molar refractivity (Wildman–Crippen MR) is 93.4 cm³/mol. The summed E-state index contributed by atoms with van der Waals surface area (Å²) in [5.74, 6) is -0.0110. The van der Waals surface area contributed by atoms with E-state index in [1.165, 1.54) is 0 Å². The van der Waals surface area contributed by atoms with Crippen molar-refractivity contribution in [1.82, 2.24) is 4.90 Å². The zero-order valence-electron chi connectivity index (χ0n) is 11.9. The lowest BCUT2D eigenvalue weighted by molar-refractivity contribution is -0.130. The number of amidine groups is 1. The molecule has 1 aromatic rings. The molecule has 0 fully saturated rings. The molecule has 0 aromatic heterocycles. The number of allylic oxidation sites excluding steroid dienone is 2. The summed E-state index contributed by atoms with van der Waals surface area (Å²) in [6.45, 7) is 1.76. The number of anilines is 1. The second-order valence-electron chi connectivity index (χ2n) is 5.32. The topological polar surface area (TPSA) is 61.8 Å². The van der Waals surface area contributed by atoms with Crippen LogP contribution in [-0.2, 0) is 9.59 Å². The lowest BCUT2D eigenvalue weighted by atomic mass is 9.91. The molecule has 22 heavy (non-hydrogen) atoms. The maximum atomic E-state index is 12.8. The molecule has 3 rings (SSSR count). The molecule has 1 N–H and O–H groups in total. The number of amides is 2. The van der Waals surface area contributed by atoms with Crippen LogP contribution in [0.15, 0.2) is 53.7 Å². The third-order valence-electron chi connectivity index (χ3n) is 3.72. The molecular weight excluding hydrogens is 393 g/mol. The predicted octanol–water partition coefficient (Wildman–Crippen LogP) is 2.70. The Morgan fingerprint density at radius 3 is 2.91 bits per heavy atom. The van der Waals surface area contributed by atoms with Gasteiger partial charge < -0.3 is 10.2 Å². The summed E-state index contributed by atoms with van der Waals surface area (Å²) in [7, 11) is 0. The molecule has 2 aliphatic rings. The third-order valence-corrected chi connectivity index (χ3v) is 4.66. The summed E-state index contributed by atoms with van der Waals surface area (Å²) in [5, 5.41) is 2.92. The van der Waals surface area contributed by atoms with E-state index in [0.29, 0.717) is 5.84 Å². The Balaban J connectivity index is 1.92. The zero-order chi connectivity index (χ0) is 15.7. The molecule has 1 aromatic carbocycles. The highest BCUT2D eigenvalue weighted by atomic mass is 127. The molecule has 112 valence electrons. The number of para-hydroxylation sites is 1. The number of benzene rings is 1. The fourth-order valence-electron chi connectivity index (χ4n) is 2.50. The van der Waals surface area contributed by atoms with E-state index in [1.807, 2.05) is 30.3 Å². The van der Waals surface area contributed by atoms with Crippen LogP contribution in [0.25, 0.3) is 0 Å². The van der Waals surface area contributed by atoms with Gasteiger partial charge in [0.25, 0.3) is 11.8 Å². The molecule has 0 saturated heterocycles. The van der Waals surface area contributed by atoms with E-state index < -0.39 is 5.54 Å². The number of carbonyl (C=O) groups excluding carboxylic acids is 2. The lowest BCUT2D eigenvalue weighted by Crippen LogP contribution is -2.58. The fraction of sp³-hybridized carbons (Fsp3) is 0.188. The molecule has 0 saturated carbocycles. The summed E-state index contributed by atoms with van der Waals surface area (Å²) in [4.78, 5) is 30.5. The highest BCUT2D eigenvalue weighted by Gasteiger charge is 2.45. The van der Waals surface area contributed by atoms with E-state index in [0.717, 1.165) is 9.26 Å². The number of rotatable bonds is 2. The van der Waals surface area contributed by atoms with Gasteiger partial charge in [-0.05, 0) is 53.8 Å². The van der Waals surface area contributed by atoms with Gasteiger partial charge in [0.05, 0.1) is 12.1 Å². The van der Waals surface area contributed by atoms with Crippen LogP contribution in [0.1, 0.15) is 13.3 Å². The van der Waals surface area contributed by atoms with Crippen LogP contribution in [0.2, 0.25) is 0 Å². The number of hydrogen-bond acceptors (Lipinski definition) is 3. The highest BCUT2D eigenvalue weighted by molar-refractivity contribution is 14.1. The molecule has 6 heteroatoms. The number of nitrogens with zero attached hydrogens (tertiary/aromatic N) is 2. The van der Waals surface area contributed by atoms with Crippen molar-refractivity contribution >= 4 is 45.9 Å². The number of halogens is 1. The summed E-state index contributed by atoms with van der Waals surface area (Å²) in [6, 6.07) is 7.53. The van der Waals surface area contributed by atoms with E-state index in [9.17, 15) is 9.59 Å². The Kier molecular flexibility index (Phi) is 3.86. The Morgan fingerprint density at radius 1 is 1.36 bits per heavy atom. The van der Waals surface area contributed by atoms with Gasteiger partial charge in [0.2, 0.25) is 0 Å². The first-order valence-electron chi connectivity index (χ1n) is 6.82. The molecule has 2 heterocycles. The Morgan fingerprint density at radius 2 is 2.14 bits per heavy atom. The first-order chi connectivity index (χ1) is 10.5. The SMILES string of the molecule is CC1(C(=O)Nc2ccccc2I)CC(=O)N=C2C=CC=CN21. The summed E-state index contributed by atoms with van der Waals surface area (Å²) < 4.78 is 0.946.